The van der Waals surface area contributed by atoms with Crippen molar-refractivity contribution in [2.75, 3.05) is 5.32 Å². The quantitative estimate of drug-likeness (QED) is 0.531. The van der Waals surface area contributed by atoms with E-state index in [9.17, 15) is 13.2 Å². The van der Waals surface area contributed by atoms with Crippen LogP contribution in [0.4, 0.5) is 24.7 Å². The standard InChI is InChI=1S/C20H14F3N5/c1-12-3-2-8-24-18(12)17-9-13-10-26-28-19(16(13)11-25-17)27-15-6-4-14(5-7-15)20(21,22)23/h2-11H,1H3,(H,27,28). The lowest BCUT2D eigenvalue weighted by Gasteiger charge is -2.11. The van der Waals surface area contributed by atoms with E-state index < -0.39 is 11.7 Å². The number of aromatic nitrogens is 4. The van der Waals surface area contributed by atoms with E-state index in [4.69, 9.17) is 0 Å². The zero-order valence-electron chi connectivity index (χ0n) is 14.7. The van der Waals surface area contributed by atoms with Crippen molar-refractivity contribution in [1.82, 2.24) is 20.2 Å². The number of pyridine rings is 2. The summed E-state index contributed by atoms with van der Waals surface area (Å²) in [6, 6.07) is 10.4. The molecule has 0 aliphatic carbocycles. The Hall–Kier alpha value is -3.55. The van der Waals surface area contributed by atoms with Gasteiger partial charge < -0.3 is 5.32 Å². The van der Waals surface area contributed by atoms with Gasteiger partial charge in [0.15, 0.2) is 5.82 Å². The first-order valence-electron chi connectivity index (χ1n) is 8.39. The fraction of sp³-hybridized carbons (Fsp3) is 0.100. The highest BCUT2D eigenvalue weighted by molar-refractivity contribution is 5.93. The first-order chi connectivity index (χ1) is 13.4. The van der Waals surface area contributed by atoms with Crippen LogP contribution in [0.2, 0.25) is 0 Å². The molecule has 5 nitrogen and oxygen atoms in total. The summed E-state index contributed by atoms with van der Waals surface area (Å²) in [6.07, 6.45) is 0.592. The lowest BCUT2D eigenvalue weighted by atomic mass is 10.1. The molecule has 8 heteroatoms. The number of hydrogen-bond acceptors (Lipinski definition) is 5. The Morgan fingerprint density at radius 1 is 0.964 bits per heavy atom. The third kappa shape index (κ3) is 3.48. The Labute approximate surface area is 158 Å². The zero-order chi connectivity index (χ0) is 19.7. The van der Waals surface area contributed by atoms with Crippen molar-refractivity contribution in [2.24, 2.45) is 0 Å². The van der Waals surface area contributed by atoms with Gasteiger partial charge in [-0.15, -0.1) is 5.10 Å². The monoisotopic (exact) mass is 381 g/mol. The van der Waals surface area contributed by atoms with Gasteiger partial charge in [-0.25, -0.2) is 0 Å². The smallest absolute Gasteiger partial charge is 0.338 e. The van der Waals surface area contributed by atoms with E-state index in [-0.39, 0.29) is 0 Å². The second kappa shape index (κ2) is 6.88. The topological polar surface area (TPSA) is 63.6 Å². The number of alkyl halides is 3. The number of nitrogens with zero attached hydrogens (tertiary/aromatic N) is 4. The molecule has 1 N–H and O–H groups in total. The highest BCUT2D eigenvalue weighted by Gasteiger charge is 2.29. The van der Waals surface area contributed by atoms with Crippen LogP contribution < -0.4 is 5.32 Å². The molecule has 0 amide bonds. The summed E-state index contributed by atoms with van der Waals surface area (Å²) in [5.41, 5.74) is 2.25. The Morgan fingerprint density at radius 3 is 2.46 bits per heavy atom. The molecule has 1 aromatic carbocycles. The average molecular weight is 381 g/mol. The van der Waals surface area contributed by atoms with E-state index in [0.717, 1.165) is 28.8 Å². The maximum atomic E-state index is 12.7. The van der Waals surface area contributed by atoms with Crippen molar-refractivity contribution in [1.29, 1.82) is 0 Å². The molecule has 0 atom stereocenters. The molecule has 140 valence electrons. The summed E-state index contributed by atoms with van der Waals surface area (Å²) in [6.45, 7) is 1.95. The average Bonchev–Trinajstić information content (AvgIpc) is 2.68. The molecule has 0 saturated heterocycles. The molecule has 0 radical (unpaired) electrons. The van der Waals surface area contributed by atoms with Crippen LogP contribution in [0, 0.1) is 6.92 Å². The van der Waals surface area contributed by atoms with Crippen molar-refractivity contribution in [2.45, 2.75) is 13.1 Å². The zero-order valence-corrected chi connectivity index (χ0v) is 14.7. The number of halogens is 3. The molecule has 4 aromatic rings. The summed E-state index contributed by atoms with van der Waals surface area (Å²) in [7, 11) is 0. The number of hydrogen-bond donors (Lipinski definition) is 1. The summed E-state index contributed by atoms with van der Waals surface area (Å²) in [5.74, 6) is 0.411. The first kappa shape index (κ1) is 17.8. The minimum absolute atomic E-state index is 0.411. The van der Waals surface area contributed by atoms with E-state index in [2.05, 4.69) is 25.5 Å². The molecule has 0 aliphatic rings. The van der Waals surface area contributed by atoms with Crippen molar-refractivity contribution in [3.8, 4) is 11.4 Å². The summed E-state index contributed by atoms with van der Waals surface area (Å²) < 4.78 is 38.1. The molecule has 0 fully saturated rings. The predicted molar refractivity (Wildman–Crippen MR) is 100 cm³/mol. The number of aryl methyl sites for hydroxylation is 1. The van der Waals surface area contributed by atoms with Gasteiger partial charge in [0.25, 0.3) is 0 Å². The third-order valence-corrected chi connectivity index (χ3v) is 4.27. The van der Waals surface area contributed by atoms with Crippen LogP contribution in [-0.4, -0.2) is 20.2 Å². The Bertz CT molecular complexity index is 1140. The number of anilines is 2. The van der Waals surface area contributed by atoms with Gasteiger partial charge in [0, 0.05) is 28.9 Å². The van der Waals surface area contributed by atoms with Gasteiger partial charge in [-0.2, -0.15) is 18.3 Å². The Balaban J connectivity index is 1.68. The van der Waals surface area contributed by atoms with Gasteiger partial charge >= 0.3 is 6.18 Å². The van der Waals surface area contributed by atoms with E-state index in [1.807, 2.05) is 25.1 Å². The molecule has 3 heterocycles. The highest BCUT2D eigenvalue weighted by atomic mass is 19.4. The van der Waals surface area contributed by atoms with E-state index >= 15 is 0 Å². The molecule has 0 unspecified atom stereocenters. The van der Waals surface area contributed by atoms with Crippen molar-refractivity contribution >= 4 is 22.3 Å². The van der Waals surface area contributed by atoms with Gasteiger partial charge in [-0.1, -0.05) is 6.07 Å². The maximum Gasteiger partial charge on any atom is 0.416 e. The largest absolute Gasteiger partial charge is 0.416 e. The predicted octanol–water partition coefficient (Wildman–Crippen LogP) is 5.16. The highest BCUT2D eigenvalue weighted by Crippen LogP contribution is 2.31. The van der Waals surface area contributed by atoms with E-state index in [1.54, 1.807) is 18.6 Å². The molecule has 28 heavy (non-hydrogen) atoms. The SMILES string of the molecule is Cc1cccnc1-c1cc2cnnc(Nc3ccc(C(F)(F)F)cc3)c2cn1. The number of nitrogens with one attached hydrogen (secondary N) is 1. The van der Waals surface area contributed by atoms with Gasteiger partial charge in [0.1, 0.15) is 0 Å². The molecular weight excluding hydrogens is 367 g/mol. The van der Waals surface area contributed by atoms with Crippen molar-refractivity contribution < 1.29 is 13.2 Å². The molecule has 0 saturated carbocycles. The van der Waals surface area contributed by atoms with Crippen LogP contribution in [0.5, 0.6) is 0 Å². The van der Waals surface area contributed by atoms with Gasteiger partial charge in [-0.3, -0.25) is 9.97 Å². The number of fused-ring (bicyclic) bond motifs is 1. The van der Waals surface area contributed by atoms with Crippen LogP contribution in [0.25, 0.3) is 22.2 Å². The number of rotatable bonds is 3. The third-order valence-electron chi connectivity index (χ3n) is 4.27. The van der Waals surface area contributed by atoms with Crippen LogP contribution in [0.15, 0.2) is 61.1 Å². The molecule has 0 bridgehead atoms. The van der Waals surface area contributed by atoms with E-state index in [1.165, 1.54) is 12.1 Å². The minimum atomic E-state index is -4.37. The van der Waals surface area contributed by atoms with Gasteiger partial charge in [0.2, 0.25) is 0 Å². The molecule has 4 rings (SSSR count). The Kier molecular flexibility index (Phi) is 4.38. The van der Waals surface area contributed by atoms with Crippen molar-refractivity contribution in [3.63, 3.8) is 0 Å². The van der Waals surface area contributed by atoms with Crippen molar-refractivity contribution in [3.05, 3.63) is 72.2 Å². The normalized spacial score (nSPS) is 11.6. The maximum absolute atomic E-state index is 12.7. The van der Waals surface area contributed by atoms with E-state index in [0.29, 0.717) is 22.6 Å². The summed E-state index contributed by atoms with van der Waals surface area (Å²) in [5, 5.41) is 12.5. The van der Waals surface area contributed by atoms with Crippen LogP contribution in [-0.2, 0) is 6.18 Å². The summed E-state index contributed by atoms with van der Waals surface area (Å²) in [4.78, 5) is 8.84. The number of benzene rings is 1. The van der Waals surface area contributed by atoms with Gasteiger partial charge in [-0.05, 0) is 48.9 Å². The second-order valence-electron chi connectivity index (χ2n) is 6.22. The molecule has 0 aliphatic heterocycles. The molecular formula is C20H14F3N5. The Morgan fingerprint density at radius 2 is 1.75 bits per heavy atom. The molecule has 3 aromatic heterocycles. The van der Waals surface area contributed by atoms with Crippen LogP contribution in [0.3, 0.4) is 0 Å². The van der Waals surface area contributed by atoms with Crippen LogP contribution in [0.1, 0.15) is 11.1 Å². The lowest BCUT2D eigenvalue weighted by Crippen LogP contribution is -2.04. The second-order valence-corrected chi connectivity index (χ2v) is 6.22. The lowest BCUT2D eigenvalue weighted by molar-refractivity contribution is -0.137. The molecule has 0 spiro atoms. The van der Waals surface area contributed by atoms with Gasteiger partial charge in [0.05, 0.1) is 23.1 Å². The summed E-state index contributed by atoms with van der Waals surface area (Å²) >= 11 is 0. The minimum Gasteiger partial charge on any atom is -0.338 e. The van der Waals surface area contributed by atoms with Crippen LogP contribution >= 0.6 is 0 Å². The fourth-order valence-electron chi connectivity index (χ4n) is 2.83. The fourth-order valence-corrected chi connectivity index (χ4v) is 2.83. The first-order valence-corrected chi connectivity index (χ1v) is 8.39.